The van der Waals surface area contributed by atoms with Gasteiger partial charge in [-0.15, -0.1) is 0 Å². The quantitative estimate of drug-likeness (QED) is 0.511. The van der Waals surface area contributed by atoms with Crippen molar-refractivity contribution in [3.8, 4) is 0 Å². The van der Waals surface area contributed by atoms with Crippen LogP contribution in [0.2, 0.25) is 13.3 Å². The molecule has 0 aliphatic carbocycles. The van der Waals surface area contributed by atoms with E-state index in [2.05, 4.69) is 41.5 Å². The van der Waals surface area contributed by atoms with Gasteiger partial charge in [-0.1, -0.05) is 0 Å². The minimum atomic E-state index is -0.982. The van der Waals surface area contributed by atoms with Gasteiger partial charge in [0, 0.05) is 0 Å². The first-order valence-electron chi connectivity index (χ1n) is 7.25. The third-order valence-corrected chi connectivity index (χ3v) is 11.8. The molecule has 0 aromatic carbocycles. The SMILES string of the molecule is CC(C)C[CH2][Sn+]([CH2]CC(C)C)[CH2]CC(C)C.[Br-]. The molecule has 0 radical (unpaired) electrons. The predicted octanol–water partition coefficient (Wildman–Crippen LogP) is 2.62. The smallest absolute Gasteiger partial charge is 1.00 e. The normalized spacial score (nSPS) is 11.1. The standard InChI is InChI=1S/3C5H11.BrH.Sn/c3*1-4-5(2)3;;/h3*5H,1,4H2,2-3H3;1H;/q;;;;+1/p-1. The van der Waals surface area contributed by atoms with E-state index in [1.807, 2.05) is 0 Å². The molecule has 0 saturated carbocycles. The number of hydrogen-bond acceptors (Lipinski definition) is 0. The van der Waals surface area contributed by atoms with Crippen molar-refractivity contribution in [2.45, 2.75) is 74.1 Å². The van der Waals surface area contributed by atoms with Crippen LogP contribution in [0.25, 0.3) is 0 Å². The first-order valence-corrected chi connectivity index (χ1v) is 13.3. The summed E-state index contributed by atoms with van der Waals surface area (Å²) in [7, 11) is 0. The van der Waals surface area contributed by atoms with Gasteiger partial charge in [0.15, 0.2) is 0 Å². The third kappa shape index (κ3) is 15.2. The van der Waals surface area contributed by atoms with Crippen molar-refractivity contribution in [1.82, 2.24) is 0 Å². The van der Waals surface area contributed by atoms with Crippen LogP contribution in [-0.2, 0) is 0 Å². The molecule has 0 atom stereocenters. The fourth-order valence-electron chi connectivity index (χ4n) is 1.85. The fourth-order valence-corrected chi connectivity index (χ4v) is 12.4. The van der Waals surface area contributed by atoms with Crippen LogP contribution in [0.5, 0.6) is 0 Å². The van der Waals surface area contributed by atoms with Gasteiger partial charge in [-0.2, -0.15) is 0 Å². The Hall–Kier alpha value is 1.28. The van der Waals surface area contributed by atoms with Gasteiger partial charge >= 0.3 is 112 Å². The van der Waals surface area contributed by atoms with Crippen LogP contribution in [0, 0.1) is 17.8 Å². The Morgan fingerprint density at radius 2 is 0.824 bits per heavy atom. The van der Waals surface area contributed by atoms with Crippen molar-refractivity contribution in [1.29, 1.82) is 0 Å². The molecule has 0 N–H and O–H groups in total. The summed E-state index contributed by atoms with van der Waals surface area (Å²) >= 11 is -0.982. The molecule has 0 aromatic heterocycles. The van der Waals surface area contributed by atoms with Crippen molar-refractivity contribution in [3.63, 3.8) is 0 Å². The Balaban J connectivity index is 0. The van der Waals surface area contributed by atoms with Crippen LogP contribution in [0.15, 0.2) is 0 Å². The zero-order valence-corrected chi connectivity index (χ0v) is 17.3. The van der Waals surface area contributed by atoms with Gasteiger partial charge in [0.25, 0.3) is 0 Å². The minimum Gasteiger partial charge on any atom is -1.00 e. The van der Waals surface area contributed by atoms with Crippen molar-refractivity contribution in [3.05, 3.63) is 0 Å². The molecular weight excluding hydrogens is 379 g/mol. The molecule has 0 nitrogen and oxygen atoms in total. The van der Waals surface area contributed by atoms with E-state index < -0.39 is 19.8 Å². The summed E-state index contributed by atoms with van der Waals surface area (Å²) in [6, 6.07) is 0. The van der Waals surface area contributed by atoms with Crippen LogP contribution >= 0.6 is 0 Å². The maximum absolute atomic E-state index is 2.38. The predicted molar refractivity (Wildman–Crippen MR) is 78.5 cm³/mol. The van der Waals surface area contributed by atoms with Crippen LogP contribution in [-0.4, -0.2) is 19.8 Å². The Kier molecular flexibility index (Phi) is 14.9. The molecule has 104 valence electrons. The molecule has 0 spiro atoms. The molecule has 0 fully saturated rings. The second-order valence-corrected chi connectivity index (χ2v) is 15.1. The average Bonchev–Trinajstić information content (AvgIpc) is 2.15. The molecule has 0 heterocycles. The largest absolute Gasteiger partial charge is 1.00 e. The monoisotopic (exact) mass is 412 g/mol. The summed E-state index contributed by atoms with van der Waals surface area (Å²) in [5, 5.41) is 0. The van der Waals surface area contributed by atoms with E-state index in [1.165, 1.54) is 19.3 Å². The molecule has 0 amide bonds. The van der Waals surface area contributed by atoms with Gasteiger partial charge in [-0.3, -0.25) is 0 Å². The molecule has 17 heavy (non-hydrogen) atoms. The molecule has 2 heteroatoms. The summed E-state index contributed by atoms with van der Waals surface area (Å²) in [4.78, 5) is 0. The van der Waals surface area contributed by atoms with Gasteiger partial charge in [-0.05, 0) is 0 Å². The van der Waals surface area contributed by atoms with E-state index in [0.717, 1.165) is 17.8 Å². The first-order chi connectivity index (χ1) is 7.41. The topological polar surface area (TPSA) is 0 Å². The second-order valence-electron chi connectivity index (χ2n) is 6.55. The Bertz CT molecular complexity index is 126. The Morgan fingerprint density at radius 3 is 1.00 bits per heavy atom. The van der Waals surface area contributed by atoms with Crippen LogP contribution in [0.4, 0.5) is 0 Å². The molecule has 0 rings (SSSR count). The van der Waals surface area contributed by atoms with Gasteiger partial charge in [-0.25, -0.2) is 0 Å². The number of hydrogen-bond donors (Lipinski definition) is 0. The van der Waals surface area contributed by atoms with Gasteiger partial charge < -0.3 is 17.0 Å². The molecule has 0 aliphatic rings. The van der Waals surface area contributed by atoms with E-state index in [4.69, 9.17) is 0 Å². The average molecular weight is 412 g/mol. The maximum Gasteiger partial charge on any atom is -1.00 e. The maximum atomic E-state index is 2.38. The van der Waals surface area contributed by atoms with Crippen molar-refractivity contribution in [2.24, 2.45) is 17.8 Å². The Labute approximate surface area is 128 Å². The van der Waals surface area contributed by atoms with E-state index >= 15 is 0 Å². The van der Waals surface area contributed by atoms with Gasteiger partial charge in [0.05, 0.1) is 0 Å². The zero-order chi connectivity index (χ0) is 12.6. The summed E-state index contributed by atoms with van der Waals surface area (Å²) in [6.45, 7) is 14.3. The molecule has 0 aliphatic heterocycles. The summed E-state index contributed by atoms with van der Waals surface area (Å²) in [6.07, 6.45) is 4.51. The zero-order valence-electron chi connectivity index (χ0n) is 12.9. The van der Waals surface area contributed by atoms with Crippen molar-refractivity contribution >= 4 is 19.8 Å². The molecular formula is C15H33BrSn. The van der Waals surface area contributed by atoms with E-state index in [9.17, 15) is 0 Å². The molecule has 0 unspecified atom stereocenters. The summed E-state index contributed by atoms with van der Waals surface area (Å²) in [5.74, 6) is 2.77. The van der Waals surface area contributed by atoms with E-state index in [1.54, 1.807) is 13.3 Å². The van der Waals surface area contributed by atoms with Crippen LogP contribution in [0.3, 0.4) is 0 Å². The second kappa shape index (κ2) is 12.3. The molecule has 0 bridgehead atoms. The first kappa shape index (κ1) is 20.6. The van der Waals surface area contributed by atoms with Crippen LogP contribution in [0.1, 0.15) is 60.8 Å². The third-order valence-electron chi connectivity index (χ3n) is 3.23. The number of rotatable bonds is 9. The van der Waals surface area contributed by atoms with E-state index in [0.29, 0.717) is 0 Å². The summed E-state index contributed by atoms with van der Waals surface area (Å²) in [5.41, 5.74) is 0. The van der Waals surface area contributed by atoms with Crippen LogP contribution < -0.4 is 17.0 Å². The minimum absolute atomic E-state index is 0. The molecule has 0 saturated heterocycles. The van der Waals surface area contributed by atoms with Crippen molar-refractivity contribution in [2.75, 3.05) is 0 Å². The van der Waals surface area contributed by atoms with E-state index in [-0.39, 0.29) is 17.0 Å². The van der Waals surface area contributed by atoms with Crippen molar-refractivity contribution < 1.29 is 17.0 Å². The fraction of sp³-hybridized carbons (Fsp3) is 1.00. The Morgan fingerprint density at radius 1 is 0.588 bits per heavy atom. The summed E-state index contributed by atoms with van der Waals surface area (Å²) < 4.78 is 4.96. The number of halogens is 1. The van der Waals surface area contributed by atoms with Gasteiger partial charge in [0.1, 0.15) is 0 Å². The molecule has 0 aromatic rings. The van der Waals surface area contributed by atoms with Gasteiger partial charge in [0.2, 0.25) is 0 Å².